The van der Waals surface area contributed by atoms with Gasteiger partial charge in [-0.05, 0) is 67.4 Å². The van der Waals surface area contributed by atoms with E-state index in [9.17, 15) is 0 Å². The Bertz CT molecular complexity index is 2280. The molecule has 1 nitrogen and oxygen atoms in total. The molecule has 45 heavy (non-hydrogen) atoms. The molecule has 1 heteroatoms. The Balaban J connectivity index is 1.41. The van der Waals surface area contributed by atoms with E-state index in [1.807, 2.05) is 0 Å². The average Bonchev–Trinajstić information content (AvgIpc) is 3.40. The van der Waals surface area contributed by atoms with Crippen molar-refractivity contribution in [3.8, 4) is 33.8 Å². The molecule has 214 valence electrons. The van der Waals surface area contributed by atoms with E-state index in [4.69, 9.17) is 4.74 Å². The molecule has 0 spiro atoms. The smallest absolute Gasteiger partial charge is 0.132 e. The third-order valence-electron chi connectivity index (χ3n) is 10.2. The Morgan fingerprint density at radius 3 is 1.84 bits per heavy atom. The highest BCUT2D eigenvalue weighted by Crippen LogP contribution is 2.60. The van der Waals surface area contributed by atoms with Gasteiger partial charge in [-0.3, -0.25) is 0 Å². The lowest BCUT2D eigenvalue weighted by atomic mass is 9.64. The third-order valence-corrected chi connectivity index (χ3v) is 10.2. The minimum Gasteiger partial charge on any atom is -0.457 e. The van der Waals surface area contributed by atoms with E-state index < -0.39 is 5.41 Å². The maximum atomic E-state index is 6.61. The summed E-state index contributed by atoms with van der Waals surface area (Å²) in [6.45, 7) is 4.66. The van der Waals surface area contributed by atoms with Crippen LogP contribution in [0, 0.1) is 0 Å². The van der Waals surface area contributed by atoms with Gasteiger partial charge in [-0.2, -0.15) is 0 Å². The first-order valence-corrected chi connectivity index (χ1v) is 15.8. The molecule has 0 amide bonds. The summed E-state index contributed by atoms with van der Waals surface area (Å²) in [4.78, 5) is 0. The van der Waals surface area contributed by atoms with Gasteiger partial charge in [0.25, 0.3) is 0 Å². The lowest BCUT2D eigenvalue weighted by Gasteiger charge is -2.38. The second-order valence-electron chi connectivity index (χ2n) is 12.8. The predicted octanol–water partition coefficient (Wildman–Crippen LogP) is 11.3. The van der Waals surface area contributed by atoms with Gasteiger partial charge >= 0.3 is 0 Å². The summed E-state index contributed by atoms with van der Waals surface area (Å²) in [7, 11) is 0. The van der Waals surface area contributed by atoms with Crippen LogP contribution in [0.5, 0.6) is 11.5 Å². The summed E-state index contributed by atoms with van der Waals surface area (Å²) in [5, 5.41) is 2.55. The molecule has 0 radical (unpaired) electrons. The zero-order valence-electron chi connectivity index (χ0n) is 25.4. The molecule has 7 aromatic rings. The number of ether oxygens (including phenoxy) is 1. The van der Waals surface area contributed by atoms with Gasteiger partial charge in [0.05, 0.1) is 5.41 Å². The highest BCUT2D eigenvalue weighted by atomic mass is 16.5. The number of benzene rings is 7. The van der Waals surface area contributed by atoms with E-state index in [1.165, 1.54) is 66.4 Å². The van der Waals surface area contributed by atoms with Crippen LogP contribution in [0.1, 0.15) is 47.2 Å². The summed E-state index contributed by atoms with van der Waals surface area (Å²) in [6, 6.07) is 57.7. The van der Waals surface area contributed by atoms with E-state index in [-0.39, 0.29) is 5.41 Å². The van der Waals surface area contributed by atoms with Crippen LogP contribution in [0.15, 0.2) is 158 Å². The fourth-order valence-corrected chi connectivity index (χ4v) is 8.35. The summed E-state index contributed by atoms with van der Waals surface area (Å²) in [6.07, 6.45) is 0. The van der Waals surface area contributed by atoms with Crippen LogP contribution in [-0.2, 0) is 10.8 Å². The monoisotopic (exact) mass is 576 g/mol. The van der Waals surface area contributed by atoms with Crippen LogP contribution in [-0.4, -0.2) is 0 Å². The van der Waals surface area contributed by atoms with Gasteiger partial charge < -0.3 is 4.74 Å². The van der Waals surface area contributed by atoms with E-state index in [0.29, 0.717) is 0 Å². The molecule has 1 aliphatic heterocycles. The van der Waals surface area contributed by atoms with Crippen molar-refractivity contribution < 1.29 is 4.74 Å². The quantitative estimate of drug-likeness (QED) is 0.203. The van der Waals surface area contributed by atoms with Crippen LogP contribution in [0.25, 0.3) is 33.0 Å². The molecular formula is C44H32O. The molecule has 1 unspecified atom stereocenters. The summed E-state index contributed by atoms with van der Waals surface area (Å²) >= 11 is 0. The van der Waals surface area contributed by atoms with Gasteiger partial charge in [0.15, 0.2) is 0 Å². The fourth-order valence-electron chi connectivity index (χ4n) is 8.35. The van der Waals surface area contributed by atoms with Gasteiger partial charge in [0.1, 0.15) is 11.5 Å². The second-order valence-corrected chi connectivity index (χ2v) is 12.8. The number of hydrogen-bond acceptors (Lipinski definition) is 1. The fraction of sp³-hybridized carbons (Fsp3) is 0.0909. The van der Waals surface area contributed by atoms with Gasteiger partial charge in [-0.1, -0.05) is 159 Å². The second kappa shape index (κ2) is 9.55. The molecule has 0 fully saturated rings. The number of para-hydroxylation sites is 1. The summed E-state index contributed by atoms with van der Waals surface area (Å²) in [5.41, 5.74) is 11.9. The molecular weight excluding hydrogens is 544 g/mol. The Hall–Kier alpha value is -5.40. The molecule has 1 atom stereocenters. The van der Waals surface area contributed by atoms with E-state index >= 15 is 0 Å². The maximum Gasteiger partial charge on any atom is 0.132 e. The summed E-state index contributed by atoms with van der Waals surface area (Å²) < 4.78 is 6.61. The predicted molar refractivity (Wildman–Crippen MR) is 185 cm³/mol. The lowest BCUT2D eigenvalue weighted by molar-refractivity contribution is 0.419. The van der Waals surface area contributed by atoms with Crippen molar-refractivity contribution >= 4 is 10.8 Å². The number of rotatable bonds is 3. The van der Waals surface area contributed by atoms with Gasteiger partial charge in [-0.25, -0.2) is 0 Å². The maximum absolute atomic E-state index is 6.61. The molecule has 7 aromatic carbocycles. The Morgan fingerprint density at radius 1 is 0.422 bits per heavy atom. The van der Waals surface area contributed by atoms with Crippen molar-refractivity contribution in [3.63, 3.8) is 0 Å². The van der Waals surface area contributed by atoms with Crippen molar-refractivity contribution in [3.05, 3.63) is 191 Å². The van der Waals surface area contributed by atoms with E-state index in [2.05, 4.69) is 172 Å². The molecule has 0 N–H and O–H groups in total. The van der Waals surface area contributed by atoms with Crippen molar-refractivity contribution in [2.24, 2.45) is 0 Å². The third kappa shape index (κ3) is 3.50. The first kappa shape index (κ1) is 26.0. The normalized spacial score (nSPS) is 17.1. The van der Waals surface area contributed by atoms with Crippen LogP contribution in [0.2, 0.25) is 0 Å². The van der Waals surface area contributed by atoms with E-state index in [1.54, 1.807) is 0 Å². The molecule has 0 saturated heterocycles. The highest BCUT2D eigenvalue weighted by molar-refractivity contribution is 6.04. The van der Waals surface area contributed by atoms with Crippen molar-refractivity contribution in [2.75, 3.05) is 0 Å². The van der Waals surface area contributed by atoms with Crippen LogP contribution >= 0.6 is 0 Å². The Labute approximate surface area is 264 Å². The number of hydrogen-bond donors (Lipinski definition) is 0. The van der Waals surface area contributed by atoms with Crippen LogP contribution in [0.4, 0.5) is 0 Å². The zero-order chi connectivity index (χ0) is 30.2. The first-order valence-electron chi connectivity index (χ1n) is 15.8. The molecule has 2 aliphatic rings. The largest absolute Gasteiger partial charge is 0.457 e. The van der Waals surface area contributed by atoms with Crippen molar-refractivity contribution in [2.45, 2.75) is 24.7 Å². The van der Waals surface area contributed by atoms with Gasteiger partial charge in [0, 0.05) is 16.5 Å². The number of fused-ring (bicyclic) bond motifs is 7. The zero-order valence-corrected chi connectivity index (χ0v) is 25.4. The van der Waals surface area contributed by atoms with Crippen LogP contribution in [0.3, 0.4) is 0 Å². The van der Waals surface area contributed by atoms with E-state index in [0.717, 1.165) is 11.5 Å². The molecule has 1 heterocycles. The van der Waals surface area contributed by atoms with Crippen LogP contribution < -0.4 is 4.74 Å². The van der Waals surface area contributed by atoms with Crippen molar-refractivity contribution in [1.29, 1.82) is 0 Å². The molecule has 0 saturated carbocycles. The SMILES string of the molecule is CC1(C)c2ccccc2Oc2cccc(-c3ccccc3C3(c4ccccc4)c4ccccc4-c4c3ccc3ccccc43)c21. The van der Waals surface area contributed by atoms with Crippen molar-refractivity contribution in [1.82, 2.24) is 0 Å². The average molecular weight is 577 g/mol. The minimum absolute atomic E-state index is 0.254. The van der Waals surface area contributed by atoms with Gasteiger partial charge in [0.2, 0.25) is 0 Å². The standard InChI is InChI=1S/C44H32O/c1-43(2)37-24-12-13-25-39(37)45-40-26-14-21-33(42(40)43)32-19-8-10-22-35(32)44(30-16-4-3-5-17-30)36-23-11-9-20-34(36)41-31-18-7-6-15-29(31)27-28-38(41)44/h3-28H,1-2H3. The Kier molecular flexibility index (Phi) is 5.53. The lowest BCUT2D eigenvalue weighted by Crippen LogP contribution is -2.30. The Morgan fingerprint density at radius 2 is 1.02 bits per heavy atom. The molecule has 9 rings (SSSR count). The first-order chi connectivity index (χ1) is 22.1. The van der Waals surface area contributed by atoms with Gasteiger partial charge in [-0.15, -0.1) is 0 Å². The summed E-state index contributed by atoms with van der Waals surface area (Å²) in [5.74, 6) is 1.87. The molecule has 0 bridgehead atoms. The topological polar surface area (TPSA) is 9.23 Å². The molecule has 1 aliphatic carbocycles. The molecule has 0 aromatic heterocycles. The minimum atomic E-state index is -0.520. The highest BCUT2D eigenvalue weighted by Gasteiger charge is 2.48.